The molecule has 0 aliphatic carbocycles. The molecular formula is C13H5Cl2F3N2S. The SMILES string of the molecule is N#Cc1ccc(C(F)(F)F)nc1Sc1ccc(Cl)c(Cl)c1. The molecule has 0 unspecified atom stereocenters. The summed E-state index contributed by atoms with van der Waals surface area (Å²) in [4.78, 5) is 4.04. The van der Waals surface area contributed by atoms with Crippen molar-refractivity contribution in [2.75, 3.05) is 0 Å². The van der Waals surface area contributed by atoms with E-state index in [9.17, 15) is 13.2 Å². The monoisotopic (exact) mass is 348 g/mol. The second kappa shape index (κ2) is 6.14. The maximum absolute atomic E-state index is 12.7. The van der Waals surface area contributed by atoms with Crippen molar-refractivity contribution in [3.63, 3.8) is 0 Å². The third-order valence-corrected chi connectivity index (χ3v) is 4.11. The molecule has 0 spiro atoms. The first-order chi connectivity index (χ1) is 9.81. The zero-order valence-corrected chi connectivity index (χ0v) is 12.4. The molecule has 1 heterocycles. The Hall–Kier alpha value is -1.42. The van der Waals surface area contributed by atoms with Crippen LogP contribution in [0.5, 0.6) is 0 Å². The first kappa shape index (κ1) is 16.0. The molecule has 1 aromatic carbocycles. The van der Waals surface area contributed by atoms with Gasteiger partial charge in [0.05, 0.1) is 15.6 Å². The highest BCUT2D eigenvalue weighted by Gasteiger charge is 2.33. The van der Waals surface area contributed by atoms with E-state index < -0.39 is 11.9 Å². The van der Waals surface area contributed by atoms with E-state index in [4.69, 9.17) is 28.5 Å². The number of aromatic nitrogens is 1. The van der Waals surface area contributed by atoms with Gasteiger partial charge in [-0.3, -0.25) is 0 Å². The van der Waals surface area contributed by atoms with Crippen LogP contribution in [0.3, 0.4) is 0 Å². The summed E-state index contributed by atoms with van der Waals surface area (Å²) in [6.07, 6.45) is -4.57. The van der Waals surface area contributed by atoms with E-state index in [-0.39, 0.29) is 15.6 Å². The molecule has 21 heavy (non-hydrogen) atoms. The molecule has 2 aromatic rings. The molecule has 2 rings (SSSR count). The van der Waals surface area contributed by atoms with Gasteiger partial charge in [0, 0.05) is 4.90 Å². The summed E-state index contributed by atoms with van der Waals surface area (Å²) in [5, 5.41) is 9.52. The van der Waals surface area contributed by atoms with Crippen molar-refractivity contribution in [1.29, 1.82) is 5.26 Å². The van der Waals surface area contributed by atoms with E-state index in [0.717, 1.165) is 23.9 Å². The number of benzene rings is 1. The highest BCUT2D eigenvalue weighted by Crippen LogP contribution is 2.35. The number of alkyl halides is 3. The Balaban J connectivity index is 2.42. The van der Waals surface area contributed by atoms with Gasteiger partial charge in [-0.25, -0.2) is 4.98 Å². The molecule has 0 aliphatic heterocycles. The lowest BCUT2D eigenvalue weighted by Gasteiger charge is -2.09. The van der Waals surface area contributed by atoms with Gasteiger partial charge < -0.3 is 0 Å². The Morgan fingerprint density at radius 3 is 2.38 bits per heavy atom. The van der Waals surface area contributed by atoms with Crippen molar-refractivity contribution >= 4 is 35.0 Å². The first-order valence-corrected chi connectivity index (χ1v) is 7.00. The summed E-state index contributed by atoms with van der Waals surface area (Å²) in [5.41, 5.74) is -0.997. The molecule has 0 aliphatic rings. The first-order valence-electron chi connectivity index (χ1n) is 5.42. The lowest BCUT2D eigenvalue weighted by atomic mass is 10.2. The molecule has 8 heteroatoms. The maximum Gasteiger partial charge on any atom is 0.433 e. The highest BCUT2D eigenvalue weighted by atomic mass is 35.5. The maximum atomic E-state index is 12.7. The van der Waals surface area contributed by atoms with E-state index in [0.29, 0.717) is 9.92 Å². The van der Waals surface area contributed by atoms with Crippen molar-refractivity contribution in [2.45, 2.75) is 16.1 Å². The number of nitriles is 1. The molecule has 0 amide bonds. The van der Waals surface area contributed by atoms with E-state index in [1.807, 2.05) is 6.07 Å². The van der Waals surface area contributed by atoms with Crippen LogP contribution in [-0.2, 0) is 6.18 Å². The van der Waals surface area contributed by atoms with Gasteiger partial charge in [-0.05, 0) is 30.3 Å². The minimum Gasteiger partial charge on any atom is -0.235 e. The highest BCUT2D eigenvalue weighted by molar-refractivity contribution is 7.99. The van der Waals surface area contributed by atoms with Gasteiger partial charge in [0.1, 0.15) is 16.8 Å². The Labute approximate surface area is 132 Å². The summed E-state index contributed by atoms with van der Waals surface area (Å²) in [5.74, 6) is 0. The predicted octanol–water partition coefficient (Wildman–Crippen LogP) is 5.43. The number of halogens is 5. The van der Waals surface area contributed by atoms with Gasteiger partial charge >= 0.3 is 6.18 Å². The van der Waals surface area contributed by atoms with Crippen molar-refractivity contribution in [3.05, 3.63) is 51.6 Å². The lowest BCUT2D eigenvalue weighted by Crippen LogP contribution is -2.08. The molecule has 0 radical (unpaired) electrons. The average Bonchev–Trinajstić information content (AvgIpc) is 2.42. The lowest BCUT2D eigenvalue weighted by molar-refractivity contribution is -0.141. The summed E-state index contributed by atoms with van der Waals surface area (Å²) < 4.78 is 38.0. The number of pyridine rings is 1. The predicted molar refractivity (Wildman–Crippen MR) is 74.5 cm³/mol. The molecule has 0 bridgehead atoms. The standard InChI is InChI=1S/C13H5Cl2F3N2S/c14-9-3-2-8(5-10(9)15)21-12-7(6-19)1-4-11(20-12)13(16,17)18/h1-5H. The van der Waals surface area contributed by atoms with E-state index in [1.165, 1.54) is 12.1 Å². The minimum absolute atomic E-state index is 0.0364. The third-order valence-electron chi connectivity index (χ3n) is 2.38. The zero-order valence-electron chi connectivity index (χ0n) is 10.1. The molecule has 108 valence electrons. The van der Waals surface area contributed by atoms with Crippen LogP contribution in [0.1, 0.15) is 11.3 Å². The van der Waals surface area contributed by atoms with Gasteiger partial charge in [0.2, 0.25) is 0 Å². The van der Waals surface area contributed by atoms with Crippen LogP contribution in [0.2, 0.25) is 10.0 Å². The van der Waals surface area contributed by atoms with E-state index in [2.05, 4.69) is 4.98 Å². The van der Waals surface area contributed by atoms with Crippen LogP contribution < -0.4 is 0 Å². The number of rotatable bonds is 2. The second-order valence-corrected chi connectivity index (χ2v) is 5.71. The molecule has 2 nitrogen and oxygen atoms in total. The van der Waals surface area contributed by atoms with Crippen LogP contribution in [-0.4, -0.2) is 4.98 Å². The Bertz CT molecular complexity index is 726. The van der Waals surface area contributed by atoms with Gasteiger partial charge in [-0.15, -0.1) is 0 Å². The van der Waals surface area contributed by atoms with E-state index in [1.54, 1.807) is 6.07 Å². The van der Waals surface area contributed by atoms with Gasteiger partial charge in [-0.2, -0.15) is 18.4 Å². The van der Waals surface area contributed by atoms with Crippen LogP contribution in [0.25, 0.3) is 0 Å². The zero-order chi connectivity index (χ0) is 15.6. The van der Waals surface area contributed by atoms with Crippen molar-refractivity contribution in [1.82, 2.24) is 4.98 Å². The summed E-state index contributed by atoms with van der Waals surface area (Å²) in [7, 11) is 0. The summed E-state index contributed by atoms with van der Waals surface area (Å²) in [6, 6.07) is 8.28. The number of hydrogen-bond donors (Lipinski definition) is 0. The van der Waals surface area contributed by atoms with Crippen LogP contribution >= 0.6 is 35.0 Å². The van der Waals surface area contributed by atoms with Crippen LogP contribution in [0.4, 0.5) is 13.2 Å². The number of nitrogens with zero attached hydrogens (tertiary/aromatic N) is 2. The molecule has 0 fully saturated rings. The van der Waals surface area contributed by atoms with Gasteiger partial charge in [0.25, 0.3) is 0 Å². The Morgan fingerprint density at radius 1 is 1.10 bits per heavy atom. The van der Waals surface area contributed by atoms with Crippen molar-refractivity contribution in [3.8, 4) is 6.07 Å². The normalized spacial score (nSPS) is 11.2. The largest absolute Gasteiger partial charge is 0.433 e. The molecule has 0 N–H and O–H groups in total. The Morgan fingerprint density at radius 2 is 1.81 bits per heavy atom. The van der Waals surface area contributed by atoms with Crippen molar-refractivity contribution < 1.29 is 13.2 Å². The second-order valence-electron chi connectivity index (χ2n) is 3.84. The average molecular weight is 349 g/mol. The van der Waals surface area contributed by atoms with Gasteiger partial charge in [0.15, 0.2) is 0 Å². The fourth-order valence-corrected chi connectivity index (χ4v) is 2.68. The summed E-state index contributed by atoms with van der Waals surface area (Å²) in [6.45, 7) is 0. The summed E-state index contributed by atoms with van der Waals surface area (Å²) >= 11 is 12.5. The topological polar surface area (TPSA) is 36.7 Å². The molecule has 0 saturated carbocycles. The third kappa shape index (κ3) is 3.82. The molecule has 0 saturated heterocycles. The van der Waals surface area contributed by atoms with Crippen molar-refractivity contribution in [2.24, 2.45) is 0 Å². The quantitative estimate of drug-likeness (QED) is 0.725. The Kier molecular flexibility index (Phi) is 4.67. The van der Waals surface area contributed by atoms with Gasteiger partial charge in [-0.1, -0.05) is 35.0 Å². The smallest absolute Gasteiger partial charge is 0.235 e. The van der Waals surface area contributed by atoms with E-state index >= 15 is 0 Å². The fourth-order valence-electron chi connectivity index (χ4n) is 1.41. The molecular weight excluding hydrogens is 344 g/mol. The van der Waals surface area contributed by atoms with Crippen LogP contribution in [0.15, 0.2) is 40.3 Å². The van der Waals surface area contributed by atoms with Crippen LogP contribution in [0, 0.1) is 11.3 Å². The number of hydrogen-bond acceptors (Lipinski definition) is 3. The minimum atomic E-state index is -4.57. The fraction of sp³-hybridized carbons (Fsp3) is 0.0769. The molecule has 0 atom stereocenters. The molecule has 1 aromatic heterocycles.